The van der Waals surface area contributed by atoms with E-state index < -0.39 is 0 Å². The number of fused-ring (bicyclic) bond motifs is 2. The fourth-order valence-electron chi connectivity index (χ4n) is 5.01. The fourth-order valence-corrected chi connectivity index (χ4v) is 6.15. The van der Waals surface area contributed by atoms with E-state index >= 15 is 0 Å². The molecular weight excluding hydrogens is 508 g/mol. The van der Waals surface area contributed by atoms with Crippen molar-refractivity contribution in [2.24, 2.45) is 13.0 Å². The molecule has 3 heterocycles. The summed E-state index contributed by atoms with van der Waals surface area (Å²) in [6.45, 7) is 2.55. The van der Waals surface area contributed by atoms with Crippen LogP contribution in [0.1, 0.15) is 36.0 Å². The number of ketones is 1. The molecule has 37 heavy (non-hydrogen) atoms. The number of carbonyl (C=O) groups excluding carboxylic acids is 2. The van der Waals surface area contributed by atoms with Gasteiger partial charge in [0.15, 0.2) is 10.9 Å². The van der Waals surface area contributed by atoms with E-state index in [0.29, 0.717) is 28.0 Å². The van der Waals surface area contributed by atoms with Gasteiger partial charge in [-0.15, -0.1) is 0 Å². The smallest absolute Gasteiger partial charge is 0.223 e. The Hall–Kier alpha value is -3.01. The predicted molar refractivity (Wildman–Crippen MR) is 150 cm³/mol. The van der Waals surface area contributed by atoms with Gasteiger partial charge < -0.3 is 19.7 Å². The maximum absolute atomic E-state index is 12.9. The minimum atomic E-state index is -0.0414. The van der Waals surface area contributed by atoms with Gasteiger partial charge in [-0.25, -0.2) is 9.97 Å². The van der Waals surface area contributed by atoms with Gasteiger partial charge in [-0.05, 0) is 69.3 Å². The zero-order valence-corrected chi connectivity index (χ0v) is 22.9. The highest BCUT2D eigenvalue weighted by atomic mass is 35.5. The van der Waals surface area contributed by atoms with Crippen molar-refractivity contribution in [2.75, 3.05) is 39.0 Å². The van der Waals surface area contributed by atoms with Crippen LogP contribution in [0.15, 0.2) is 36.4 Å². The van der Waals surface area contributed by atoms with Crippen LogP contribution in [0.4, 0.5) is 11.1 Å². The van der Waals surface area contributed by atoms with E-state index in [2.05, 4.69) is 29.3 Å². The molecule has 1 aliphatic heterocycles. The van der Waals surface area contributed by atoms with Gasteiger partial charge in [0.1, 0.15) is 0 Å². The van der Waals surface area contributed by atoms with E-state index in [1.54, 1.807) is 6.07 Å². The van der Waals surface area contributed by atoms with Crippen LogP contribution in [-0.4, -0.2) is 69.8 Å². The van der Waals surface area contributed by atoms with Crippen molar-refractivity contribution < 1.29 is 9.59 Å². The Labute approximate surface area is 225 Å². The number of piperidine rings is 1. The highest BCUT2D eigenvalue weighted by Gasteiger charge is 2.24. The minimum Gasteiger partial charge on any atom is -0.342 e. The standard InChI is InChI=1S/C27H31ClN6O2S/c1-32(2)15-17-5-4-12-34(16-17)25(36)11-10-23(35)18-6-9-22-21(13-18)29-26(33(22)3)31-27-30-20-8-7-19(28)14-24(20)37-27/h6-9,13-14,17H,4-5,10-12,15-16H2,1-3H3,(H,29,30,31). The summed E-state index contributed by atoms with van der Waals surface area (Å²) >= 11 is 7.60. The molecule has 1 aliphatic rings. The van der Waals surface area contributed by atoms with Gasteiger partial charge in [-0.1, -0.05) is 22.9 Å². The zero-order valence-electron chi connectivity index (χ0n) is 21.3. The van der Waals surface area contributed by atoms with Gasteiger partial charge in [-0.3, -0.25) is 9.59 Å². The number of imidazole rings is 1. The highest BCUT2D eigenvalue weighted by molar-refractivity contribution is 7.22. The third-order valence-corrected chi connectivity index (χ3v) is 8.00. The summed E-state index contributed by atoms with van der Waals surface area (Å²) in [5, 5.41) is 4.68. The minimum absolute atomic E-state index is 0.0414. The van der Waals surface area contributed by atoms with Crippen LogP contribution in [0.3, 0.4) is 0 Å². The molecule has 1 saturated heterocycles. The van der Waals surface area contributed by atoms with Crippen molar-refractivity contribution in [2.45, 2.75) is 25.7 Å². The lowest BCUT2D eigenvalue weighted by molar-refractivity contribution is -0.133. The van der Waals surface area contributed by atoms with Crippen molar-refractivity contribution in [1.82, 2.24) is 24.3 Å². The van der Waals surface area contributed by atoms with E-state index in [9.17, 15) is 9.59 Å². The molecule has 10 heteroatoms. The van der Waals surface area contributed by atoms with Gasteiger partial charge in [0, 0.05) is 50.1 Å². The lowest BCUT2D eigenvalue weighted by Gasteiger charge is -2.34. The SMILES string of the molecule is CN(C)CC1CCCN(C(=O)CCC(=O)c2ccc3c(c2)nc(Nc2nc4ccc(Cl)cc4s2)n3C)C1. The van der Waals surface area contributed by atoms with E-state index in [1.165, 1.54) is 11.3 Å². The summed E-state index contributed by atoms with van der Waals surface area (Å²) < 4.78 is 2.93. The van der Waals surface area contributed by atoms with E-state index in [4.69, 9.17) is 16.6 Å². The number of halogens is 1. The average Bonchev–Trinajstić information content (AvgIpc) is 3.41. The van der Waals surface area contributed by atoms with Crippen molar-refractivity contribution >= 4 is 67.0 Å². The van der Waals surface area contributed by atoms with E-state index in [1.807, 2.05) is 46.8 Å². The molecule has 1 unspecified atom stereocenters. The summed E-state index contributed by atoms with van der Waals surface area (Å²) in [5.74, 6) is 1.16. The van der Waals surface area contributed by atoms with Crippen LogP contribution in [0.5, 0.6) is 0 Å². The molecule has 2 aromatic heterocycles. The molecule has 0 aliphatic carbocycles. The molecule has 1 atom stereocenters. The number of hydrogen-bond donors (Lipinski definition) is 1. The molecular formula is C27H31ClN6O2S. The average molecular weight is 539 g/mol. The Balaban J connectivity index is 1.24. The van der Waals surface area contributed by atoms with E-state index in [-0.39, 0.29) is 24.5 Å². The quantitative estimate of drug-likeness (QED) is 0.305. The normalized spacial score (nSPS) is 16.1. The molecule has 5 rings (SSSR count). The maximum Gasteiger partial charge on any atom is 0.223 e. The summed E-state index contributed by atoms with van der Waals surface area (Å²) in [6, 6.07) is 11.1. The molecule has 4 aromatic rings. The fraction of sp³-hybridized carbons (Fsp3) is 0.407. The Kier molecular flexibility index (Phi) is 7.46. The van der Waals surface area contributed by atoms with Gasteiger partial charge in [0.05, 0.1) is 21.3 Å². The number of hydrogen-bond acceptors (Lipinski definition) is 7. The molecule has 1 amide bonds. The number of Topliss-reactive ketones (excluding diaryl/α,β-unsaturated/α-hetero) is 1. The van der Waals surface area contributed by atoms with Crippen molar-refractivity contribution in [1.29, 1.82) is 0 Å². The molecule has 0 spiro atoms. The number of nitrogens with zero attached hydrogens (tertiary/aromatic N) is 5. The second kappa shape index (κ2) is 10.8. The number of benzene rings is 2. The number of likely N-dealkylation sites (tertiary alicyclic amines) is 1. The van der Waals surface area contributed by atoms with Crippen LogP contribution < -0.4 is 5.32 Å². The van der Waals surface area contributed by atoms with Crippen molar-refractivity contribution in [3.63, 3.8) is 0 Å². The van der Waals surface area contributed by atoms with Crippen LogP contribution in [0.2, 0.25) is 5.02 Å². The number of carbonyl (C=O) groups is 2. The molecule has 0 bridgehead atoms. The van der Waals surface area contributed by atoms with Crippen molar-refractivity contribution in [3.05, 3.63) is 47.0 Å². The lowest BCUT2D eigenvalue weighted by atomic mass is 9.97. The third kappa shape index (κ3) is 5.79. The topological polar surface area (TPSA) is 83.4 Å². The van der Waals surface area contributed by atoms with Crippen molar-refractivity contribution in [3.8, 4) is 0 Å². The Morgan fingerprint density at radius 2 is 1.97 bits per heavy atom. The number of rotatable bonds is 8. The summed E-state index contributed by atoms with van der Waals surface area (Å²) in [5.41, 5.74) is 3.06. The first-order valence-corrected chi connectivity index (χ1v) is 13.7. The monoisotopic (exact) mass is 538 g/mol. The zero-order chi connectivity index (χ0) is 26.1. The second-order valence-corrected chi connectivity index (χ2v) is 11.5. The molecule has 0 radical (unpaired) electrons. The highest BCUT2D eigenvalue weighted by Crippen LogP contribution is 2.31. The Morgan fingerprint density at radius 3 is 2.78 bits per heavy atom. The Bertz CT molecular complexity index is 1460. The molecule has 1 N–H and O–H groups in total. The number of aryl methyl sites for hydroxylation is 1. The van der Waals surface area contributed by atoms with E-state index in [0.717, 1.165) is 53.3 Å². The van der Waals surface area contributed by atoms with Crippen LogP contribution in [-0.2, 0) is 11.8 Å². The van der Waals surface area contributed by atoms with Crippen LogP contribution in [0, 0.1) is 5.92 Å². The lowest BCUT2D eigenvalue weighted by Crippen LogP contribution is -2.42. The first-order valence-electron chi connectivity index (χ1n) is 12.5. The van der Waals surface area contributed by atoms with Crippen LogP contribution >= 0.6 is 22.9 Å². The first kappa shape index (κ1) is 25.6. The molecule has 194 valence electrons. The summed E-state index contributed by atoms with van der Waals surface area (Å²) in [7, 11) is 6.05. The number of thiazole rings is 1. The molecule has 0 saturated carbocycles. The molecule has 2 aromatic carbocycles. The number of amides is 1. The third-order valence-electron chi connectivity index (χ3n) is 6.83. The van der Waals surface area contributed by atoms with Gasteiger partial charge in [0.25, 0.3) is 0 Å². The van der Waals surface area contributed by atoms with Gasteiger partial charge in [-0.2, -0.15) is 0 Å². The summed E-state index contributed by atoms with van der Waals surface area (Å²) in [6.07, 6.45) is 2.61. The molecule has 1 fully saturated rings. The Morgan fingerprint density at radius 1 is 1.14 bits per heavy atom. The second-order valence-electron chi connectivity index (χ2n) is 9.99. The predicted octanol–water partition coefficient (Wildman–Crippen LogP) is 5.34. The largest absolute Gasteiger partial charge is 0.342 e. The number of anilines is 2. The summed E-state index contributed by atoms with van der Waals surface area (Å²) in [4.78, 5) is 39.2. The maximum atomic E-state index is 12.9. The molecule has 8 nitrogen and oxygen atoms in total. The van der Waals surface area contributed by atoms with Crippen LogP contribution in [0.25, 0.3) is 21.3 Å². The van der Waals surface area contributed by atoms with Gasteiger partial charge in [0.2, 0.25) is 11.9 Å². The number of nitrogens with one attached hydrogen (secondary N) is 1. The van der Waals surface area contributed by atoms with Gasteiger partial charge >= 0.3 is 0 Å². The first-order chi connectivity index (χ1) is 17.8. The number of aromatic nitrogens is 3.